The van der Waals surface area contributed by atoms with Crippen LogP contribution < -0.4 is 5.32 Å². The van der Waals surface area contributed by atoms with Crippen LogP contribution in [0.15, 0.2) is 0 Å². The molecule has 1 heteroatoms. The third-order valence-electron chi connectivity index (χ3n) is 4.25. The minimum Gasteiger partial charge on any atom is -0.317 e. The SMILES string of the molecule is CC(C)(C)C1CC2(CCNCC2)C1. The van der Waals surface area contributed by atoms with Crippen LogP contribution in [0.25, 0.3) is 0 Å². The average molecular weight is 181 g/mol. The van der Waals surface area contributed by atoms with Gasteiger partial charge >= 0.3 is 0 Å². The van der Waals surface area contributed by atoms with E-state index in [1.807, 2.05) is 0 Å². The van der Waals surface area contributed by atoms with Gasteiger partial charge in [-0.1, -0.05) is 20.8 Å². The predicted octanol–water partition coefficient (Wildman–Crippen LogP) is 2.81. The first-order valence-electron chi connectivity index (χ1n) is 5.73. The highest BCUT2D eigenvalue weighted by molar-refractivity contribution is 4.99. The summed E-state index contributed by atoms with van der Waals surface area (Å²) in [6.45, 7) is 9.70. The first-order valence-corrected chi connectivity index (χ1v) is 5.73. The highest BCUT2D eigenvalue weighted by Gasteiger charge is 2.48. The average Bonchev–Trinajstić information content (AvgIpc) is 2.00. The van der Waals surface area contributed by atoms with Gasteiger partial charge in [-0.25, -0.2) is 0 Å². The van der Waals surface area contributed by atoms with Crippen molar-refractivity contribution in [3.8, 4) is 0 Å². The summed E-state index contributed by atoms with van der Waals surface area (Å²) in [6.07, 6.45) is 5.86. The molecule has 13 heavy (non-hydrogen) atoms. The summed E-state index contributed by atoms with van der Waals surface area (Å²) in [5.41, 5.74) is 1.32. The number of nitrogens with one attached hydrogen (secondary N) is 1. The Kier molecular flexibility index (Phi) is 2.18. The number of piperidine rings is 1. The van der Waals surface area contributed by atoms with Crippen molar-refractivity contribution < 1.29 is 0 Å². The van der Waals surface area contributed by atoms with E-state index < -0.39 is 0 Å². The molecule has 1 nitrogen and oxygen atoms in total. The van der Waals surface area contributed by atoms with E-state index in [1.54, 1.807) is 0 Å². The lowest BCUT2D eigenvalue weighted by atomic mass is 9.52. The molecule has 0 unspecified atom stereocenters. The molecular weight excluding hydrogens is 158 g/mol. The molecule has 1 aliphatic heterocycles. The van der Waals surface area contributed by atoms with Crippen LogP contribution in [0.5, 0.6) is 0 Å². The van der Waals surface area contributed by atoms with Crippen molar-refractivity contribution in [3.63, 3.8) is 0 Å². The zero-order chi connectivity index (χ0) is 9.53. The normalized spacial score (nSPS) is 28.8. The van der Waals surface area contributed by atoms with Gasteiger partial charge in [-0.3, -0.25) is 0 Å². The van der Waals surface area contributed by atoms with Crippen LogP contribution in [0.3, 0.4) is 0 Å². The molecule has 2 aliphatic rings. The molecule has 2 rings (SSSR count). The second-order valence-corrected chi connectivity index (χ2v) is 6.22. The number of hydrogen-bond donors (Lipinski definition) is 1. The topological polar surface area (TPSA) is 12.0 Å². The van der Waals surface area contributed by atoms with Gasteiger partial charge in [0.25, 0.3) is 0 Å². The molecule has 1 saturated carbocycles. The van der Waals surface area contributed by atoms with Crippen LogP contribution in [-0.2, 0) is 0 Å². The van der Waals surface area contributed by atoms with Gasteiger partial charge < -0.3 is 5.32 Å². The molecule has 0 amide bonds. The maximum Gasteiger partial charge on any atom is -0.00436 e. The highest BCUT2D eigenvalue weighted by Crippen LogP contribution is 2.57. The van der Waals surface area contributed by atoms with Crippen molar-refractivity contribution in [2.75, 3.05) is 13.1 Å². The third kappa shape index (κ3) is 1.76. The maximum atomic E-state index is 3.46. The Morgan fingerprint density at radius 1 is 1.08 bits per heavy atom. The molecule has 0 atom stereocenters. The third-order valence-corrected chi connectivity index (χ3v) is 4.25. The zero-order valence-electron chi connectivity index (χ0n) is 9.32. The molecule has 0 bridgehead atoms. The zero-order valence-corrected chi connectivity index (χ0v) is 9.32. The monoisotopic (exact) mass is 181 g/mol. The molecule has 1 aliphatic carbocycles. The fourth-order valence-corrected chi connectivity index (χ4v) is 2.96. The lowest BCUT2D eigenvalue weighted by molar-refractivity contribution is -0.0346. The fraction of sp³-hybridized carbons (Fsp3) is 1.00. The van der Waals surface area contributed by atoms with Crippen molar-refractivity contribution in [1.82, 2.24) is 5.32 Å². The summed E-state index contributed by atoms with van der Waals surface area (Å²) in [6, 6.07) is 0. The van der Waals surface area contributed by atoms with Crippen LogP contribution in [0, 0.1) is 16.7 Å². The van der Waals surface area contributed by atoms with Gasteiger partial charge in [0.2, 0.25) is 0 Å². The summed E-state index contributed by atoms with van der Waals surface area (Å²) in [7, 11) is 0. The standard InChI is InChI=1S/C12H23N/c1-11(2,3)10-8-12(9-10)4-6-13-7-5-12/h10,13H,4-9H2,1-3H3. The molecule has 1 N–H and O–H groups in total. The lowest BCUT2D eigenvalue weighted by Crippen LogP contribution is -2.48. The Balaban J connectivity index is 1.88. The van der Waals surface area contributed by atoms with Crippen LogP contribution in [-0.4, -0.2) is 13.1 Å². The molecule has 1 spiro atoms. The van der Waals surface area contributed by atoms with Crippen molar-refractivity contribution in [3.05, 3.63) is 0 Å². The predicted molar refractivity (Wildman–Crippen MR) is 56.7 cm³/mol. The molecule has 76 valence electrons. The molecule has 1 heterocycles. The summed E-state index contributed by atoms with van der Waals surface area (Å²) in [4.78, 5) is 0. The Labute approximate surface area is 82.3 Å². The van der Waals surface area contributed by atoms with Crippen LogP contribution in [0.4, 0.5) is 0 Å². The lowest BCUT2D eigenvalue weighted by Gasteiger charge is -2.55. The maximum absolute atomic E-state index is 3.46. The number of rotatable bonds is 0. The van der Waals surface area contributed by atoms with Gasteiger partial charge in [-0.15, -0.1) is 0 Å². The quantitative estimate of drug-likeness (QED) is 0.606. The van der Waals surface area contributed by atoms with Crippen molar-refractivity contribution in [2.24, 2.45) is 16.7 Å². The largest absolute Gasteiger partial charge is 0.317 e. The molecule has 0 aromatic carbocycles. The van der Waals surface area contributed by atoms with Crippen LogP contribution in [0.1, 0.15) is 46.5 Å². The Bertz CT molecular complexity index is 176. The van der Waals surface area contributed by atoms with Gasteiger partial charge in [-0.2, -0.15) is 0 Å². The van der Waals surface area contributed by atoms with E-state index >= 15 is 0 Å². The first kappa shape index (κ1) is 9.51. The molecular formula is C12H23N. The van der Waals surface area contributed by atoms with E-state index in [1.165, 1.54) is 38.8 Å². The molecule has 2 fully saturated rings. The van der Waals surface area contributed by atoms with E-state index in [0.29, 0.717) is 5.41 Å². The van der Waals surface area contributed by atoms with Crippen LogP contribution >= 0.6 is 0 Å². The van der Waals surface area contributed by atoms with Gasteiger partial charge in [0.05, 0.1) is 0 Å². The van der Waals surface area contributed by atoms with Gasteiger partial charge in [0.15, 0.2) is 0 Å². The number of hydrogen-bond acceptors (Lipinski definition) is 1. The summed E-state index contributed by atoms with van der Waals surface area (Å²) < 4.78 is 0. The van der Waals surface area contributed by atoms with Crippen molar-refractivity contribution in [1.29, 1.82) is 0 Å². The second kappa shape index (κ2) is 2.98. The fourth-order valence-electron chi connectivity index (χ4n) is 2.96. The van der Waals surface area contributed by atoms with Crippen molar-refractivity contribution >= 4 is 0 Å². The molecule has 0 aromatic heterocycles. The van der Waals surface area contributed by atoms with E-state index in [-0.39, 0.29) is 0 Å². The minimum atomic E-state index is 0.552. The first-order chi connectivity index (χ1) is 6.02. The second-order valence-electron chi connectivity index (χ2n) is 6.22. The molecule has 0 aromatic rings. The van der Waals surface area contributed by atoms with E-state index in [2.05, 4.69) is 26.1 Å². The molecule has 1 saturated heterocycles. The van der Waals surface area contributed by atoms with Gasteiger partial charge in [0, 0.05) is 0 Å². The smallest absolute Gasteiger partial charge is 0.00436 e. The molecule has 0 radical (unpaired) electrons. The van der Waals surface area contributed by atoms with Gasteiger partial charge in [-0.05, 0) is 55.5 Å². The highest BCUT2D eigenvalue weighted by atomic mass is 14.9. The van der Waals surface area contributed by atoms with Crippen LogP contribution in [0.2, 0.25) is 0 Å². The van der Waals surface area contributed by atoms with E-state index in [0.717, 1.165) is 11.3 Å². The summed E-state index contributed by atoms with van der Waals surface area (Å²) >= 11 is 0. The minimum absolute atomic E-state index is 0.552. The summed E-state index contributed by atoms with van der Waals surface area (Å²) in [5.74, 6) is 0.991. The van der Waals surface area contributed by atoms with Gasteiger partial charge in [0.1, 0.15) is 0 Å². The Morgan fingerprint density at radius 2 is 1.62 bits per heavy atom. The van der Waals surface area contributed by atoms with Crippen molar-refractivity contribution in [2.45, 2.75) is 46.5 Å². The summed E-state index contributed by atoms with van der Waals surface area (Å²) in [5, 5.41) is 3.46. The Hall–Kier alpha value is -0.0400. The Morgan fingerprint density at radius 3 is 2.08 bits per heavy atom. The van der Waals surface area contributed by atoms with E-state index in [9.17, 15) is 0 Å². The van der Waals surface area contributed by atoms with E-state index in [4.69, 9.17) is 0 Å².